The van der Waals surface area contributed by atoms with Crippen molar-refractivity contribution in [3.63, 3.8) is 0 Å². The van der Waals surface area contributed by atoms with Gasteiger partial charge in [0.1, 0.15) is 0 Å². The van der Waals surface area contributed by atoms with Crippen molar-refractivity contribution in [3.05, 3.63) is 0 Å². The zero-order chi connectivity index (χ0) is 3.58. The first-order valence-corrected chi connectivity index (χ1v) is 3.57. The van der Waals surface area contributed by atoms with Gasteiger partial charge in [-0.05, 0) is 0 Å². The molecule has 0 aliphatic heterocycles. The van der Waals surface area contributed by atoms with Crippen molar-refractivity contribution in [1.29, 1.82) is 0 Å². The second kappa shape index (κ2) is 10.3. The van der Waals surface area contributed by atoms with Crippen molar-refractivity contribution >= 4 is 44.0 Å². The summed E-state index contributed by atoms with van der Waals surface area (Å²) in [5, 5.41) is 0. The summed E-state index contributed by atoms with van der Waals surface area (Å²) in [6.45, 7) is 0. The molecule has 3 nitrogen and oxygen atoms in total. The van der Waals surface area contributed by atoms with Crippen LogP contribution in [0.1, 0.15) is 1.43 Å². The van der Waals surface area contributed by atoms with E-state index in [0.717, 1.165) is 0 Å². The third-order valence-corrected chi connectivity index (χ3v) is 0. The van der Waals surface area contributed by atoms with E-state index >= 15 is 0 Å². The summed E-state index contributed by atoms with van der Waals surface area (Å²) in [6.07, 6.45) is 0. The summed E-state index contributed by atoms with van der Waals surface area (Å²) in [7, 11) is 0. The van der Waals surface area contributed by atoms with Gasteiger partial charge < -0.3 is 1.43 Å². The van der Waals surface area contributed by atoms with E-state index in [4.69, 9.17) is 10.0 Å². The van der Waals surface area contributed by atoms with E-state index in [2.05, 4.69) is 0 Å². The normalized spacial score (nSPS) is 5.83. The van der Waals surface area contributed by atoms with Crippen LogP contribution in [0.4, 0.5) is 0 Å². The predicted molar refractivity (Wildman–Crippen MR) is 20.5 cm³/mol. The van der Waals surface area contributed by atoms with Crippen molar-refractivity contribution in [1.82, 2.24) is 0 Å². The molecule has 0 aliphatic rings. The molecule has 0 aromatic rings. The SMILES string of the molecule is O=[Te](O)O.[H-].[Na+].[TeH2]. The average Bonchev–Trinajstić information content (AvgIpc) is 0.811. The molecule has 0 amide bonds. The van der Waals surface area contributed by atoms with Gasteiger partial charge in [-0.25, -0.2) is 0 Å². The van der Waals surface area contributed by atoms with Crippen LogP contribution >= 0.6 is 0 Å². The molecule has 0 aliphatic carbocycles. The van der Waals surface area contributed by atoms with Gasteiger partial charge in [-0.15, -0.1) is 0 Å². The summed E-state index contributed by atoms with van der Waals surface area (Å²) < 4.78 is 23.3. The average molecular weight is 331 g/mol. The molecule has 0 spiro atoms. The molecule has 0 aromatic heterocycles. The second-order valence-corrected chi connectivity index (χ2v) is 1.55. The van der Waals surface area contributed by atoms with E-state index in [1.54, 1.807) is 0 Å². The zero-order valence-electron chi connectivity index (χ0n) is 4.21. The number of hydrogen-bond acceptors (Lipinski definition) is 1. The fourth-order valence-corrected chi connectivity index (χ4v) is 0. The summed E-state index contributed by atoms with van der Waals surface area (Å²) in [5.74, 6) is 0. The predicted octanol–water partition coefficient (Wildman–Crippen LogP) is -5.41. The van der Waals surface area contributed by atoms with Gasteiger partial charge in [0, 0.05) is 0 Å². The molecule has 0 atom stereocenters. The number of hydrogen-bond donors (Lipinski definition) is 2. The third kappa shape index (κ3) is 33.5. The van der Waals surface area contributed by atoms with E-state index in [0.29, 0.717) is 0 Å². The van der Waals surface area contributed by atoms with E-state index in [9.17, 15) is 0 Å². The molecular formula is H5NaO3Te2. The molecule has 0 fully saturated rings. The van der Waals surface area contributed by atoms with Crippen molar-refractivity contribution in [2.45, 2.75) is 0 Å². The maximum absolute atomic E-state index is 8.81. The van der Waals surface area contributed by atoms with Crippen molar-refractivity contribution in [2.75, 3.05) is 0 Å². The van der Waals surface area contributed by atoms with Crippen LogP contribution in [0, 0.1) is 0 Å². The summed E-state index contributed by atoms with van der Waals surface area (Å²) in [4.78, 5) is 0. The Kier molecular flexibility index (Phi) is 27.1. The molecule has 2 N–H and O–H groups in total. The van der Waals surface area contributed by atoms with Gasteiger partial charge in [0.05, 0.1) is 0 Å². The molecule has 0 bridgehead atoms. The quantitative estimate of drug-likeness (QED) is 0.436. The van der Waals surface area contributed by atoms with Gasteiger partial charge in [0.25, 0.3) is 0 Å². The van der Waals surface area contributed by atoms with Gasteiger partial charge in [-0.2, -0.15) is 0 Å². The third-order valence-electron chi connectivity index (χ3n) is 0. The van der Waals surface area contributed by atoms with Crippen LogP contribution in [0.5, 0.6) is 0 Å². The minimum absolute atomic E-state index is 0. The fraction of sp³-hybridized carbons (Fsp3) is 0. The van der Waals surface area contributed by atoms with E-state index in [1.807, 2.05) is 0 Å². The maximum atomic E-state index is 8.81. The minimum atomic E-state index is -3.61. The van der Waals surface area contributed by atoms with E-state index in [-0.39, 0.29) is 54.7 Å². The summed E-state index contributed by atoms with van der Waals surface area (Å²) in [5.41, 5.74) is 0. The Bertz CT molecular complexity index is 35.9. The molecule has 0 unspecified atom stereocenters. The first-order valence-electron chi connectivity index (χ1n) is 0.532. The molecule has 36 valence electrons. The molecule has 6 heavy (non-hydrogen) atoms. The van der Waals surface area contributed by atoms with E-state index in [1.165, 1.54) is 0 Å². The molecule has 0 radical (unpaired) electrons. The van der Waals surface area contributed by atoms with Crippen LogP contribution in [0.3, 0.4) is 0 Å². The van der Waals surface area contributed by atoms with Gasteiger partial charge >= 0.3 is 83.6 Å². The zero-order valence-corrected chi connectivity index (χ0v) is 10.4. The van der Waals surface area contributed by atoms with Crippen molar-refractivity contribution in [3.8, 4) is 0 Å². The molecule has 6 heteroatoms. The monoisotopic (exact) mass is 336 g/mol. The van der Waals surface area contributed by atoms with Gasteiger partial charge in [0.2, 0.25) is 0 Å². The van der Waals surface area contributed by atoms with Crippen LogP contribution in [0.2, 0.25) is 0 Å². The Morgan fingerprint density at radius 2 is 1.50 bits per heavy atom. The van der Waals surface area contributed by atoms with Crippen LogP contribution in [0.25, 0.3) is 0 Å². The van der Waals surface area contributed by atoms with E-state index < -0.39 is 20.4 Å². The Balaban J connectivity index is -0.0000000150. The Morgan fingerprint density at radius 1 is 1.50 bits per heavy atom. The molecule has 0 rings (SSSR count). The van der Waals surface area contributed by atoms with Crippen molar-refractivity contribution in [2.24, 2.45) is 0 Å². The van der Waals surface area contributed by atoms with Crippen molar-refractivity contribution < 1.29 is 41.0 Å². The first kappa shape index (κ1) is 15.7. The standard InChI is InChI=1S/Na.H2O3Te.H2Te.H/c;1-4(2)3;;/h;(H2,1,2,3);1H2;/q+1;;;-1. The fourth-order valence-electron chi connectivity index (χ4n) is 0. The topological polar surface area (TPSA) is 57.5 Å². The van der Waals surface area contributed by atoms with Crippen LogP contribution in [-0.4, -0.2) is 51.0 Å². The summed E-state index contributed by atoms with van der Waals surface area (Å²) in [6, 6.07) is 0. The Labute approximate surface area is 83.7 Å². The van der Waals surface area contributed by atoms with Gasteiger partial charge in [-0.1, -0.05) is 0 Å². The van der Waals surface area contributed by atoms with Crippen LogP contribution < -0.4 is 29.6 Å². The van der Waals surface area contributed by atoms with Gasteiger partial charge in [-0.3, -0.25) is 0 Å². The molecule has 0 aromatic carbocycles. The first-order chi connectivity index (χ1) is 1.73. The van der Waals surface area contributed by atoms with Gasteiger partial charge in [0.15, 0.2) is 0 Å². The Morgan fingerprint density at radius 3 is 1.50 bits per heavy atom. The number of rotatable bonds is 0. The molecule has 0 saturated heterocycles. The Hall–Kier alpha value is 2.30. The summed E-state index contributed by atoms with van der Waals surface area (Å²) >= 11 is -3.61. The second-order valence-electron chi connectivity index (χ2n) is 0.231. The van der Waals surface area contributed by atoms with Crippen LogP contribution in [0.15, 0.2) is 0 Å². The molecular weight excluding hydrogens is 326 g/mol. The molecule has 0 heterocycles. The van der Waals surface area contributed by atoms with Crippen LogP contribution in [-0.2, 0) is 3.10 Å². The molecule has 0 saturated carbocycles.